The lowest BCUT2D eigenvalue weighted by atomic mass is 10.3. The molecule has 0 fully saturated rings. The van der Waals surface area contributed by atoms with Crippen LogP contribution in [0.25, 0.3) is 0 Å². The minimum absolute atomic E-state index is 0.322. The van der Waals surface area contributed by atoms with E-state index >= 15 is 0 Å². The lowest BCUT2D eigenvalue weighted by Gasteiger charge is -1.99. The summed E-state index contributed by atoms with van der Waals surface area (Å²) in [5.41, 5.74) is 0. The zero-order valence-electron chi connectivity index (χ0n) is 37.5. The Morgan fingerprint density at radius 2 is 0.426 bits per heavy atom. The first-order chi connectivity index (χ1) is 26.5. The Morgan fingerprint density at radius 3 is 0.537 bits per heavy atom. The molecule has 0 aliphatic heterocycles. The van der Waals surface area contributed by atoms with Crippen LogP contribution >= 0.6 is 11.8 Å². The summed E-state index contributed by atoms with van der Waals surface area (Å²) in [4.78, 5) is 2.57. The van der Waals surface area contributed by atoms with E-state index in [9.17, 15) is 0 Å². The molecule has 0 amide bonds. The van der Waals surface area contributed by atoms with Crippen molar-refractivity contribution < 1.29 is 20.4 Å². The predicted molar refractivity (Wildman–Crippen MR) is 249 cm³/mol. The van der Waals surface area contributed by atoms with Crippen LogP contribution < -0.4 is 0 Å². The molecule has 0 radical (unpaired) electrons. The number of hydrogen-bond donors (Lipinski definition) is 4. The van der Waals surface area contributed by atoms with E-state index < -0.39 is 0 Å². The first-order valence-electron chi connectivity index (χ1n) is 19.9. The Labute approximate surface area is 340 Å². The fraction of sp³-hybridized carbons (Fsp3) is 0.388. The van der Waals surface area contributed by atoms with Crippen LogP contribution in [0.3, 0.4) is 0 Å². The van der Waals surface area contributed by atoms with Gasteiger partial charge in [-0.1, -0.05) is 226 Å². The monoisotopic (exact) mass is 769 g/mol. The topological polar surface area (TPSA) is 80.9 Å². The normalized spacial score (nSPS) is 7.15. The summed E-state index contributed by atoms with van der Waals surface area (Å²) in [6.07, 6.45) is 2.50. The number of hydrogen-bond acceptors (Lipinski definition) is 5. The van der Waals surface area contributed by atoms with Crippen molar-refractivity contribution in [1.29, 1.82) is 0 Å². The minimum Gasteiger partial charge on any atom is -0.508 e. The third-order valence-corrected chi connectivity index (χ3v) is 5.01. The van der Waals surface area contributed by atoms with Gasteiger partial charge < -0.3 is 20.4 Å². The first-order valence-corrected chi connectivity index (χ1v) is 20.7. The Morgan fingerprint density at radius 1 is 0.296 bits per heavy atom. The van der Waals surface area contributed by atoms with Gasteiger partial charge in [0.2, 0.25) is 0 Å². The van der Waals surface area contributed by atoms with Gasteiger partial charge in [-0.05, 0) is 60.7 Å². The maximum absolute atomic E-state index is 8.63. The molecule has 0 saturated heterocycles. The van der Waals surface area contributed by atoms with Gasteiger partial charge in [0.15, 0.2) is 0 Å². The van der Waals surface area contributed by atoms with Gasteiger partial charge in [-0.25, -0.2) is 0 Å². The molecule has 5 heteroatoms. The molecule has 0 unspecified atom stereocenters. The van der Waals surface area contributed by atoms with Crippen molar-refractivity contribution in [1.82, 2.24) is 0 Å². The molecular weight excluding hydrogens is 685 g/mol. The largest absolute Gasteiger partial charge is 0.508 e. The highest BCUT2D eigenvalue weighted by Crippen LogP contribution is 2.26. The van der Waals surface area contributed by atoms with E-state index in [0.29, 0.717) is 17.2 Å². The molecule has 5 rings (SSSR count). The third-order valence-electron chi connectivity index (χ3n) is 3.99. The SMILES string of the molecule is CC.CC.CC.CC.CC.CC.CCC.CCC.CO.Oc1ccccc1.Oc1ccccc1.Oc1ccccc1.c1ccc(Sc2ccccc2)cc1. The Kier molecular flexibility index (Phi) is 93.1. The summed E-state index contributed by atoms with van der Waals surface area (Å²) in [5.74, 6) is 0.965. The molecule has 310 valence electrons. The average Bonchev–Trinajstić information content (AvgIpc) is 3.26. The fourth-order valence-electron chi connectivity index (χ4n) is 2.40. The van der Waals surface area contributed by atoms with Crippen LogP contribution in [0.15, 0.2) is 161 Å². The number of phenolic OH excluding ortho intramolecular Hbond substituents is 3. The first kappa shape index (κ1) is 67.9. The highest BCUT2D eigenvalue weighted by atomic mass is 32.2. The van der Waals surface area contributed by atoms with E-state index in [1.807, 2.05) is 113 Å². The average molecular weight is 769 g/mol. The fourth-order valence-corrected chi connectivity index (χ4v) is 3.26. The molecular formula is C49H84O4S. The Balaban J connectivity index is -0.0000000768. The summed E-state index contributed by atoms with van der Waals surface area (Å²) in [6, 6.07) is 46.9. The van der Waals surface area contributed by atoms with Crippen molar-refractivity contribution in [3.05, 3.63) is 152 Å². The number of aliphatic hydroxyl groups is 1. The van der Waals surface area contributed by atoms with E-state index in [1.54, 1.807) is 84.6 Å². The number of aliphatic hydroxyl groups excluding tert-OH is 1. The molecule has 5 aromatic carbocycles. The van der Waals surface area contributed by atoms with Crippen molar-refractivity contribution >= 4 is 11.8 Å². The van der Waals surface area contributed by atoms with Gasteiger partial charge in [0.05, 0.1) is 0 Å². The molecule has 54 heavy (non-hydrogen) atoms. The second kappa shape index (κ2) is 74.1. The second-order valence-corrected chi connectivity index (χ2v) is 9.30. The highest BCUT2D eigenvalue weighted by Gasteiger charge is 1.93. The molecule has 5 aromatic rings. The van der Waals surface area contributed by atoms with Gasteiger partial charge >= 0.3 is 0 Å². The number of benzene rings is 5. The minimum atomic E-state index is 0.322. The van der Waals surface area contributed by atoms with Gasteiger partial charge in [0.25, 0.3) is 0 Å². The molecule has 0 aliphatic carbocycles. The van der Waals surface area contributed by atoms with Gasteiger partial charge in [-0.3, -0.25) is 0 Å². The van der Waals surface area contributed by atoms with E-state index in [-0.39, 0.29) is 0 Å². The lowest BCUT2D eigenvalue weighted by Crippen LogP contribution is -1.70. The molecule has 4 N–H and O–H groups in total. The molecule has 0 aromatic heterocycles. The predicted octanol–water partition coefficient (Wildman–Crippen LogP) is 16.6. The number of rotatable bonds is 2. The molecule has 0 heterocycles. The zero-order chi connectivity index (χ0) is 43.7. The summed E-state index contributed by atoms with van der Waals surface area (Å²) in [7, 11) is 1.00. The van der Waals surface area contributed by atoms with E-state index in [4.69, 9.17) is 20.4 Å². The van der Waals surface area contributed by atoms with Crippen molar-refractivity contribution in [3.8, 4) is 17.2 Å². The highest BCUT2D eigenvalue weighted by molar-refractivity contribution is 7.99. The van der Waals surface area contributed by atoms with E-state index in [1.165, 1.54) is 22.6 Å². The van der Waals surface area contributed by atoms with Crippen molar-refractivity contribution in [2.75, 3.05) is 7.11 Å². The van der Waals surface area contributed by atoms with Crippen molar-refractivity contribution in [2.45, 2.75) is 133 Å². The summed E-state index contributed by atoms with van der Waals surface area (Å²) in [6.45, 7) is 32.5. The molecule has 4 nitrogen and oxygen atoms in total. The number of phenols is 3. The third kappa shape index (κ3) is 66.1. The van der Waals surface area contributed by atoms with Gasteiger partial charge in [-0.2, -0.15) is 0 Å². The number of aromatic hydroxyl groups is 3. The van der Waals surface area contributed by atoms with Crippen LogP contribution in [0.2, 0.25) is 0 Å². The molecule has 0 aliphatic rings. The standard InChI is InChI=1S/C12H10S.3C6H6O.2C3H8.6C2H6.CH4O/c1-3-7-11(8-4-1)13-12-9-5-2-6-10-12;3*7-6-4-2-1-3-5-6;2*1-3-2;7*1-2/h1-10H;3*1-5,7H;2*3H2,1-2H3;6*1-2H3;2H,1H3. The molecule has 0 atom stereocenters. The van der Waals surface area contributed by atoms with Crippen LogP contribution in [-0.2, 0) is 0 Å². The second-order valence-electron chi connectivity index (χ2n) is 8.15. The quantitative estimate of drug-likeness (QED) is 0.144. The van der Waals surface area contributed by atoms with Crippen LogP contribution in [0.4, 0.5) is 0 Å². The zero-order valence-corrected chi connectivity index (χ0v) is 38.4. The maximum atomic E-state index is 8.63. The summed E-state index contributed by atoms with van der Waals surface area (Å²) in [5, 5.41) is 32.9. The Hall–Kier alpha value is -4.19. The summed E-state index contributed by atoms with van der Waals surface area (Å²) < 4.78 is 0. The van der Waals surface area contributed by atoms with Crippen LogP contribution in [0.5, 0.6) is 17.2 Å². The molecule has 0 spiro atoms. The lowest BCUT2D eigenvalue weighted by molar-refractivity contribution is 0.399. The Bertz CT molecular complexity index is 1030. The van der Waals surface area contributed by atoms with Crippen molar-refractivity contribution in [3.63, 3.8) is 0 Å². The van der Waals surface area contributed by atoms with Gasteiger partial charge in [0, 0.05) is 16.9 Å². The van der Waals surface area contributed by atoms with Gasteiger partial charge in [0.1, 0.15) is 17.2 Å². The van der Waals surface area contributed by atoms with E-state index in [0.717, 1.165) is 7.11 Å². The number of para-hydroxylation sites is 3. The van der Waals surface area contributed by atoms with E-state index in [2.05, 4.69) is 76.2 Å². The maximum Gasteiger partial charge on any atom is 0.115 e. The van der Waals surface area contributed by atoms with Gasteiger partial charge in [-0.15, -0.1) is 0 Å². The summed E-state index contributed by atoms with van der Waals surface area (Å²) >= 11 is 1.79. The van der Waals surface area contributed by atoms with Crippen molar-refractivity contribution in [2.24, 2.45) is 0 Å². The molecule has 0 bridgehead atoms. The van der Waals surface area contributed by atoms with Crippen LogP contribution in [-0.4, -0.2) is 27.5 Å². The van der Waals surface area contributed by atoms with Crippen LogP contribution in [0, 0.1) is 0 Å². The van der Waals surface area contributed by atoms with Crippen LogP contribution in [0.1, 0.15) is 124 Å². The molecule has 0 saturated carbocycles. The smallest absolute Gasteiger partial charge is 0.115 e.